The smallest absolute Gasteiger partial charge is 0.0990 e. The second kappa shape index (κ2) is 11.9. The molecule has 2 atom stereocenters. The Kier molecular flexibility index (Phi) is 12.9. The molecule has 132 valence electrons. The first-order chi connectivity index (χ1) is 9.40. The van der Waals surface area contributed by atoms with E-state index in [4.69, 9.17) is 10.2 Å². The fraction of sp³-hybridized carbons (Fsp3) is 0.857. The number of amidine groups is 2. The van der Waals surface area contributed by atoms with E-state index in [0.29, 0.717) is 38.0 Å². The summed E-state index contributed by atoms with van der Waals surface area (Å²) in [6, 6.07) is 0. The summed E-state index contributed by atoms with van der Waals surface area (Å²) in [6.07, 6.45) is -0.579. The van der Waals surface area contributed by atoms with E-state index in [1.807, 2.05) is 0 Å². The van der Waals surface area contributed by atoms with Gasteiger partial charge in [0, 0.05) is 24.9 Å². The monoisotopic (exact) mass is 356 g/mol. The maximum absolute atomic E-state index is 9.04. The zero-order valence-corrected chi connectivity index (χ0v) is 15.4. The van der Waals surface area contributed by atoms with Gasteiger partial charge in [0.1, 0.15) is 0 Å². The van der Waals surface area contributed by atoms with Crippen LogP contribution < -0.4 is 10.6 Å². The maximum Gasteiger partial charge on any atom is 0.0990 e. The minimum atomic E-state index is -0.289. The van der Waals surface area contributed by atoms with Gasteiger partial charge in [-0.25, -0.2) is 0 Å². The van der Waals surface area contributed by atoms with Gasteiger partial charge in [-0.2, -0.15) is 0 Å². The summed E-state index contributed by atoms with van der Waals surface area (Å²) in [6.45, 7) is 10.8. The standard InChI is InChI=1S/2C7H14N2O.2ClH/c2*1-5(2)7-8-3-6(10)4-9-7;;/h2*5-6,10H,3-4H2,1-2H3,(H,8,9);2*1H. The molecular formula is C14H30Cl2N4O2. The number of rotatable bonds is 2. The molecule has 0 aromatic heterocycles. The van der Waals surface area contributed by atoms with Crippen molar-refractivity contribution in [2.45, 2.75) is 39.9 Å². The van der Waals surface area contributed by atoms with Crippen LogP contribution in [0.1, 0.15) is 27.7 Å². The Morgan fingerprint density at radius 3 is 1.32 bits per heavy atom. The van der Waals surface area contributed by atoms with Crippen molar-refractivity contribution in [3.63, 3.8) is 0 Å². The minimum absolute atomic E-state index is 0. The van der Waals surface area contributed by atoms with E-state index < -0.39 is 0 Å². The van der Waals surface area contributed by atoms with Gasteiger partial charge in [-0.3, -0.25) is 9.98 Å². The molecule has 0 bridgehead atoms. The highest BCUT2D eigenvalue weighted by Gasteiger charge is 2.13. The summed E-state index contributed by atoms with van der Waals surface area (Å²) in [7, 11) is 0. The third kappa shape index (κ3) is 8.78. The van der Waals surface area contributed by atoms with Crippen LogP contribution in [0.5, 0.6) is 0 Å². The molecule has 4 N–H and O–H groups in total. The van der Waals surface area contributed by atoms with Crippen molar-refractivity contribution in [1.29, 1.82) is 0 Å². The van der Waals surface area contributed by atoms with Crippen LogP contribution in [0.15, 0.2) is 9.98 Å². The van der Waals surface area contributed by atoms with Crippen molar-refractivity contribution < 1.29 is 10.2 Å². The Hall–Kier alpha value is -0.560. The molecule has 0 aromatic carbocycles. The molecule has 0 amide bonds. The summed E-state index contributed by atoms with van der Waals surface area (Å²) in [4.78, 5) is 8.33. The van der Waals surface area contributed by atoms with Crippen molar-refractivity contribution in [1.82, 2.24) is 10.6 Å². The zero-order valence-electron chi connectivity index (χ0n) is 13.7. The molecule has 0 spiro atoms. The first kappa shape index (κ1) is 23.7. The number of nitrogens with zero attached hydrogens (tertiary/aromatic N) is 2. The number of β-amino-alcohol motifs (C(OH)–C–C–N with tert-alkyl or cyclic N) is 2. The number of hydrogen-bond acceptors (Lipinski definition) is 6. The first-order valence-corrected chi connectivity index (χ1v) is 7.32. The Labute approximate surface area is 145 Å². The first-order valence-electron chi connectivity index (χ1n) is 7.32. The number of hydrogen-bond donors (Lipinski definition) is 4. The molecule has 22 heavy (non-hydrogen) atoms. The highest BCUT2D eigenvalue weighted by atomic mass is 35.5. The van der Waals surface area contributed by atoms with Crippen molar-refractivity contribution >= 4 is 36.5 Å². The lowest BCUT2D eigenvalue weighted by Gasteiger charge is -2.20. The van der Waals surface area contributed by atoms with Gasteiger partial charge in [0.05, 0.1) is 37.0 Å². The molecule has 2 heterocycles. The van der Waals surface area contributed by atoms with Crippen LogP contribution in [0.3, 0.4) is 0 Å². The number of aliphatic hydroxyl groups excluding tert-OH is 2. The molecular weight excluding hydrogens is 327 g/mol. The lowest BCUT2D eigenvalue weighted by atomic mass is 10.1. The number of aliphatic hydroxyl groups is 2. The molecule has 0 saturated heterocycles. The van der Waals surface area contributed by atoms with E-state index in [9.17, 15) is 0 Å². The van der Waals surface area contributed by atoms with Gasteiger partial charge in [-0.1, -0.05) is 27.7 Å². The summed E-state index contributed by atoms with van der Waals surface area (Å²) in [5.41, 5.74) is 0. The zero-order chi connectivity index (χ0) is 15.1. The van der Waals surface area contributed by atoms with Gasteiger partial charge >= 0.3 is 0 Å². The maximum atomic E-state index is 9.04. The topological polar surface area (TPSA) is 89.2 Å². The molecule has 2 unspecified atom stereocenters. The molecule has 6 nitrogen and oxygen atoms in total. The molecule has 2 aliphatic heterocycles. The van der Waals surface area contributed by atoms with Gasteiger partial charge in [0.15, 0.2) is 0 Å². The van der Waals surface area contributed by atoms with Crippen molar-refractivity contribution in [3.05, 3.63) is 0 Å². The summed E-state index contributed by atoms with van der Waals surface area (Å²) >= 11 is 0. The predicted octanol–water partition coefficient (Wildman–Crippen LogP) is 0.854. The summed E-state index contributed by atoms with van der Waals surface area (Å²) in [5.74, 6) is 2.94. The second-order valence-corrected chi connectivity index (χ2v) is 5.83. The van der Waals surface area contributed by atoms with E-state index >= 15 is 0 Å². The van der Waals surface area contributed by atoms with Crippen molar-refractivity contribution in [3.8, 4) is 0 Å². The van der Waals surface area contributed by atoms with Crippen LogP contribution in [0.4, 0.5) is 0 Å². The van der Waals surface area contributed by atoms with Crippen molar-refractivity contribution in [2.24, 2.45) is 21.8 Å². The summed E-state index contributed by atoms with van der Waals surface area (Å²) < 4.78 is 0. The van der Waals surface area contributed by atoms with Gasteiger partial charge in [0.25, 0.3) is 0 Å². The van der Waals surface area contributed by atoms with E-state index in [2.05, 4.69) is 48.3 Å². The highest BCUT2D eigenvalue weighted by molar-refractivity contribution is 5.86. The number of halogens is 2. The SMILES string of the molecule is CC(C)C1=NCC(O)CN1.CC(C)C1=NCC(O)CN1.Cl.Cl. The Balaban J connectivity index is 0. The Morgan fingerprint density at radius 2 is 1.14 bits per heavy atom. The molecule has 2 aliphatic rings. The van der Waals surface area contributed by atoms with Crippen LogP contribution in [0.2, 0.25) is 0 Å². The summed E-state index contributed by atoms with van der Waals surface area (Å²) in [5, 5.41) is 24.2. The van der Waals surface area contributed by atoms with E-state index in [1.165, 1.54) is 0 Å². The average molecular weight is 357 g/mol. The highest BCUT2D eigenvalue weighted by Crippen LogP contribution is 2.00. The second-order valence-electron chi connectivity index (χ2n) is 5.83. The van der Waals surface area contributed by atoms with Crippen LogP contribution in [0.25, 0.3) is 0 Å². The molecule has 8 heteroatoms. The quantitative estimate of drug-likeness (QED) is 0.590. The van der Waals surface area contributed by atoms with Gasteiger partial charge < -0.3 is 20.8 Å². The van der Waals surface area contributed by atoms with E-state index in [1.54, 1.807) is 0 Å². The van der Waals surface area contributed by atoms with E-state index in [-0.39, 0.29) is 37.0 Å². The van der Waals surface area contributed by atoms with Gasteiger partial charge in [0.2, 0.25) is 0 Å². The van der Waals surface area contributed by atoms with Crippen LogP contribution in [-0.2, 0) is 0 Å². The molecule has 0 fully saturated rings. The normalized spacial score (nSPS) is 23.6. The van der Waals surface area contributed by atoms with E-state index in [0.717, 1.165) is 11.7 Å². The lowest BCUT2D eigenvalue weighted by Crippen LogP contribution is -2.41. The molecule has 0 aliphatic carbocycles. The van der Waals surface area contributed by atoms with Gasteiger partial charge in [-0.15, -0.1) is 24.8 Å². The number of aliphatic imine (C=N–C) groups is 2. The Bertz CT molecular complexity index is 329. The largest absolute Gasteiger partial charge is 0.389 e. The van der Waals surface area contributed by atoms with Crippen LogP contribution in [0, 0.1) is 11.8 Å². The Morgan fingerprint density at radius 1 is 0.818 bits per heavy atom. The predicted molar refractivity (Wildman–Crippen MR) is 96.8 cm³/mol. The molecule has 2 rings (SSSR count). The average Bonchev–Trinajstić information content (AvgIpc) is 2.40. The van der Waals surface area contributed by atoms with Crippen LogP contribution >= 0.6 is 24.8 Å². The fourth-order valence-electron chi connectivity index (χ4n) is 1.87. The third-order valence-electron chi connectivity index (χ3n) is 3.08. The van der Waals surface area contributed by atoms with Gasteiger partial charge in [-0.05, 0) is 0 Å². The van der Waals surface area contributed by atoms with Crippen LogP contribution in [-0.4, -0.2) is 60.3 Å². The number of nitrogens with one attached hydrogen (secondary N) is 2. The molecule has 0 saturated carbocycles. The minimum Gasteiger partial charge on any atom is -0.389 e. The lowest BCUT2D eigenvalue weighted by molar-refractivity contribution is 0.180. The molecule has 0 radical (unpaired) electrons. The van der Waals surface area contributed by atoms with Crippen molar-refractivity contribution in [2.75, 3.05) is 26.2 Å². The third-order valence-corrected chi connectivity index (χ3v) is 3.08. The fourth-order valence-corrected chi connectivity index (χ4v) is 1.87. The molecule has 0 aromatic rings.